The summed E-state index contributed by atoms with van der Waals surface area (Å²) in [6.07, 6.45) is 1.32. The average molecular weight is 528 g/mol. The lowest BCUT2D eigenvalue weighted by molar-refractivity contribution is 0.0693. The molecule has 3 aromatic carbocycles. The van der Waals surface area contributed by atoms with Crippen LogP contribution in [-0.4, -0.2) is 27.4 Å². The van der Waals surface area contributed by atoms with Gasteiger partial charge in [0, 0.05) is 23.9 Å². The van der Waals surface area contributed by atoms with E-state index in [2.05, 4.69) is 0 Å². The highest BCUT2D eigenvalue weighted by atomic mass is 16.5. The highest BCUT2D eigenvalue weighted by Crippen LogP contribution is 2.38. The van der Waals surface area contributed by atoms with Crippen molar-refractivity contribution in [2.75, 3.05) is 6.61 Å². The second kappa shape index (κ2) is 12.5. The fourth-order valence-corrected chi connectivity index (χ4v) is 4.44. The zero-order chi connectivity index (χ0) is 27.9. The first-order valence-corrected chi connectivity index (χ1v) is 12.9. The lowest BCUT2D eigenvalue weighted by Gasteiger charge is -2.27. The van der Waals surface area contributed by atoms with Crippen molar-refractivity contribution < 1.29 is 24.5 Å². The highest BCUT2D eigenvalue weighted by Gasteiger charge is 2.24. The van der Waals surface area contributed by atoms with Crippen LogP contribution in [0.2, 0.25) is 0 Å². The van der Waals surface area contributed by atoms with Gasteiger partial charge in [-0.1, -0.05) is 74.5 Å². The van der Waals surface area contributed by atoms with Crippen molar-refractivity contribution in [1.29, 1.82) is 0 Å². The quantitative estimate of drug-likeness (QED) is 0.253. The summed E-state index contributed by atoms with van der Waals surface area (Å²) in [5.74, 6) is -0.253. The molecule has 0 amide bonds. The fraction of sp³-hybridized carbons (Fsp3) is 0.250. The molecule has 0 fully saturated rings. The maximum Gasteiger partial charge on any atom is 0.341 e. The molecule has 1 heterocycles. The molecule has 39 heavy (non-hydrogen) atoms. The van der Waals surface area contributed by atoms with Gasteiger partial charge >= 0.3 is 5.97 Å². The Kier molecular flexibility index (Phi) is 8.84. The number of carboxylic acid groups (broad SMARTS) is 1. The molecule has 0 spiro atoms. The number of hydrogen-bond donors (Lipinski definition) is 2. The standard InChI is InChI=1S/C32H33NO6/c1-21(2)28(18-34)33-17-26(32(36)37)29(35)15-27(33)25-14-22(3)30(38-19-23-10-6-4-7-11-23)16-31(25)39-20-24-12-8-5-9-13-24/h4-17,21,28,34H,18-20H2,1-3H3,(H,36,37). The van der Waals surface area contributed by atoms with Gasteiger partial charge in [-0.3, -0.25) is 4.79 Å². The van der Waals surface area contributed by atoms with Crippen LogP contribution in [-0.2, 0) is 13.2 Å². The molecular formula is C32H33NO6. The largest absolute Gasteiger partial charge is 0.488 e. The van der Waals surface area contributed by atoms with E-state index in [1.807, 2.05) is 87.5 Å². The molecule has 1 unspecified atom stereocenters. The van der Waals surface area contributed by atoms with E-state index < -0.39 is 17.4 Å². The summed E-state index contributed by atoms with van der Waals surface area (Å²) in [5, 5.41) is 19.8. The smallest absolute Gasteiger partial charge is 0.341 e. The number of pyridine rings is 1. The first kappa shape index (κ1) is 27.7. The van der Waals surface area contributed by atoms with Gasteiger partial charge in [-0.2, -0.15) is 0 Å². The predicted octanol–water partition coefficient (Wildman–Crippen LogP) is 5.87. The van der Waals surface area contributed by atoms with E-state index >= 15 is 0 Å². The van der Waals surface area contributed by atoms with Crippen molar-refractivity contribution in [2.45, 2.75) is 40.0 Å². The number of aromatic carboxylic acids is 1. The van der Waals surface area contributed by atoms with Crippen LogP contribution < -0.4 is 14.9 Å². The molecule has 0 saturated heterocycles. The molecule has 2 N–H and O–H groups in total. The van der Waals surface area contributed by atoms with Crippen LogP contribution in [0.5, 0.6) is 11.5 Å². The molecule has 7 heteroatoms. The molecule has 0 aliphatic rings. The molecule has 1 atom stereocenters. The summed E-state index contributed by atoms with van der Waals surface area (Å²) in [5.41, 5.74) is 2.88. The highest BCUT2D eigenvalue weighted by molar-refractivity contribution is 5.87. The number of aliphatic hydroxyl groups excluding tert-OH is 1. The summed E-state index contributed by atoms with van der Waals surface area (Å²) >= 11 is 0. The molecule has 0 aliphatic heterocycles. The van der Waals surface area contributed by atoms with Crippen LogP contribution in [0.25, 0.3) is 11.3 Å². The Balaban J connectivity index is 1.85. The Bertz CT molecular complexity index is 1480. The number of hydrogen-bond acceptors (Lipinski definition) is 5. The SMILES string of the molecule is Cc1cc(-c2cc(=O)c(C(=O)O)cn2C(CO)C(C)C)c(OCc2ccccc2)cc1OCc1ccccc1. The third kappa shape index (κ3) is 6.56. The number of ether oxygens (including phenoxy) is 2. The molecule has 4 rings (SSSR count). The lowest BCUT2D eigenvalue weighted by Crippen LogP contribution is -2.26. The molecule has 202 valence electrons. The van der Waals surface area contributed by atoms with Gasteiger partial charge in [0.1, 0.15) is 30.3 Å². The van der Waals surface area contributed by atoms with Crippen LogP contribution in [0, 0.1) is 12.8 Å². The third-order valence-corrected chi connectivity index (χ3v) is 6.65. The van der Waals surface area contributed by atoms with Crippen LogP contribution in [0.15, 0.2) is 89.9 Å². The van der Waals surface area contributed by atoms with Crippen molar-refractivity contribution >= 4 is 5.97 Å². The van der Waals surface area contributed by atoms with Crippen LogP contribution in [0.4, 0.5) is 0 Å². The Morgan fingerprint density at radius 2 is 1.44 bits per heavy atom. The Hall–Kier alpha value is -4.36. The lowest BCUT2D eigenvalue weighted by atomic mass is 10.00. The maximum absolute atomic E-state index is 12.9. The second-order valence-corrected chi connectivity index (χ2v) is 9.81. The summed E-state index contributed by atoms with van der Waals surface area (Å²) in [6.45, 7) is 6.19. The summed E-state index contributed by atoms with van der Waals surface area (Å²) in [7, 11) is 0. The van der Waals surface area contributed by atoms with Gasteiger partial charge in [-0.05, 0) is 35.6 Å². The van der Waals surface area contributed by atoms with Crippen LogP contribution >= 0.6 is 0 Å². The minimum atomic E-state index is -1.32. The summed E-state index contributed by atoms with van der Waals surface area (Å²) < 4.78 is 14.1. The molecule has 0 saturated carbocycles. The van der Waals surface area contributed by atoms with E-state index in [9.17, 15) is 19.8 Å². The number of carbonyl (C=O) groups is 1. The van der Waals surface area contributed by atoms with E-state index in [0.29, 0.717) is 29.4 Å². The van der Waals surface area contributed by atoms with Gasteiger partial charge in [0.15, 0.2) is 5.43 Å². The molecule has 0 radical (unpaired) electrons. The third-order valence-electron chi connectivity index (χ3n) is 6.65. The first-order valence-electron chi connectivity index (χ1n) is 12.9. The van der Waals surface area contributed by atoms with Gasteiger partial charge in [0.25, 0.3) is 0 Å². The zero-order valence-electron chi connectivity index (χ0n) is 22.3. The molecule has 0 aliphatic carbocycles. The number of nitrogens with zero attached hydrogens (tertiary/aromatic N) is 1. The monoisotopic (exact) mass is 527 g/mol. The van der Waals surface area contributed by atoms with Crippen LogP contribution in [0.1, 0.15) is 46.9 Å². The van der Waals surface area contributed by atoms with Crippen LogP contribution in [0.3, 0.4) is 0 Å². The maximum atomic E-state index is 12.9. The van der Waals surface area contributed by atoms with E-state index in [-0.39, 0.29) is 24.7 Å². The summed E-state index contributed by atoms with van der Waals surface area (Å²) in [6, 6.07) is 24.1. The van der Waals surface area contributed by atoms with E-state index in [1.54, 1.807) is 10.6 Å². The van der Waals surface area contributed by atoms with Crippen molar-refractivity contribution in [3.63, 3.8) is 0 Å². The Labute approximate surface area is 227 Å². The number of aryl methyl sites for hydroxylation is 1. The topological polar surface area (TPSA) is 98.0 Å². The van der Waals surface area contributed by atoms with E-state index in [0.717, 1.165) is 16.7 Å². The van der Waals surface area contributed by atoms with Gasteiger partial charge in [-0.25, -0.2) is 4.79 Å². The van der Waals surface area contributed by atoms with Gasteiger partial charge in [0.05, 0.1) is 18.3 Å². The molecular weight excluding hydrogens is 494 g/mol. The van der Waals surface area contributed by atoms with Gasteiger partial charge < -0.3 is 24.3 Å². The first-order chi connectivity index (χ1) is 18.8. The zero-order valence-corrected chi connectivity index (χ0v) is 22.3. The number of aromatic nitrogens is 1. The second-order valence-electron chi connectivity index (χ2n) is 9.81. The fourth-order valence-electron chi connectivity index (χ4n) is 4.44. The van der Waals surface area contributed by atoms with Crippen molar-refractivity contribution in [1.82, 2.24) is 4.57 Å². The van der Waals surface area contributed by atoms with E-state index in [4.69, 9.17) is 9.47 Å². The number of carboxylic acids is 1. The molecule has 0 bridgehead atoms. The van der Waals surface area contributed by atoms with Crippen molar-refractivity contribution in [2.24, 2.45) is 5.92 Å². The normalized spacial score (nSPS) is 11.8. The predicted molar refractivity (Wildman–Crippen MR) is 150 cm³/mol. The number of aliphatic hydroxyl groups is 1. The summed E-state index contributed by atoms with van der Waals surface area (Å²) in [4.78, 5) is 24.7. The average Bonchev–Trinajstić information content (AvgIpc) is 2.93. The van der Waals surface area contributed by atoms with Crippen molar-refractivity contribution in [3.05, 3.63) is 118 Å². The number of benzene rings is 3. The van der Waals surface area contributed by atoms with Gasteiger partial charge in [-0.15, -0.1) is 0 Å². The Morgan fingerprint density at radius 3 is 1.95 bits per heavy atom. The molecule has 4 aromatic rings. The van der Waals surface area contributed by atoms with Gasteiger partial charge in [0.2, 0.25) is 0 Å². The van der Waals surface area contributed by atoms with Crippen molar-refractivity contribution in [3.8, 4) is 22.8 Å². The molecule has 1 aromatic heterocycles. The number of rotatable bonds is 11. The Morgan fingerprint density at radius 1 is 0.872 bits per heavy atom. The minimum absolute atomic E-state index is 0.0406. The molecule has 7 nitrogen and oxygen atoms in total. The van der Waals surface area contributed by atoms with E-state index in [1.165, 1.54) is 12.3 Å². The minimum Gasteiger partial charge on any atom is -0.488 e.